The predicted octanol–water partition coefficient (Wildman–Crippen LogP) is 4.50. The van der Waals surface area contributed by atoms with Gasteiger partial charge in [0, 0.05) is 0 Å². The third-order valence-electron chi connectivity index (χ3n) is 2.18. The SMILES string of the molecule is CC1(C)O[PH]2(OC1=O)OC(=O)C(C)(C)O2.CP(C)C.CP(C)C.[Cl][Ni]. The van der Waals surface area contributed by atoms with E-state index in [-0.39, 0.29) is 0 Å². The standard InChI is InChI=1S/C8H13O6P.2C3H9P.ClH.Ni/c1-7(2)5(9)11-15(13-7)12-6(10)8(3,4)14-15;2*1-4(2)3;;/h15H,1-4H3;2*1-3H3;1H;/q;;;;+1/p-1. The minimum absolute atomic E-state index is 0.380. The van der Waals surface area contributed by atoms with Crippen molar-refractivity contribution in [2.75, 3.05) is 40.0 Å². The monoisotopic (exact) mass is 481 g/mol. The van der Waals surface area contributed by atoms with Gasteiger partial charge in [-0.3, -0.25) is 0 Å². The van der Waals surface area contributed by atoms with Gasteiger partial charge in [-0.1, -0.05) is 0 Å². The fourth-order valence-electron chi connectivity index (χ4n) is 1.31. The third-order valence-corrected chi connectivity index (χ3v) is 4.57. The summed E-state index contributed by atoms with van der Waals surface area (Å²) in [4.78, 5) is 22.8. The number of carbonyl (C=O) groups is 2. The van der Waals surface area contributed by atoms with Crippen molar-refractivity contribution in [1.82, 2.24) is 0 Å². The molecule has 0 aromatic carbocycles. The molecule has 0 radical (unpaired) electrons. The molecule has 1 spiro atoms. The molecule has 0 saturated carbocycles. The molecule has 6 nitrogen and oxygen atoms in total. The molecule has 2 aliphatic rings. The zero-order valence-corrected chi connectivity index (χ0v) is 21.1. The number of hydrogen-bond acceptors (Lipinski definition) is 6. The van der Waals surface area contributed by atoms with Gasteiger partial charge in [0.1, 0.15) is 0 Å². The van der Waals surface area contributed by atoms with Crippen molar-refractivity contribution in [1.29, 1.82) is 0 Å². The van der Waals surface area contributed by atoms with Crippen LogP contribution in [0, 0.1) is 0 Å². The summed E-state index contributed by atoms with van der Waals surface area (Å²) in [5.41, 5.74) is -2.24. The van der Waals surface area contributed by atoms with Crippen LogP contribution in [0.4, 0.5) is 0 Å². The van der Waals surface area contributed by atoms with Crippen molar-refractivity contribution in [2.45, 2.75) is 38.9 Å². The second-order valence-electron chi connectivity index (χ2n) is 7.19. The zero-order chi connectivity index (χ0) is 20.6. The van der Waals surface area contributed by atoms with Crippen molar-refractivity contribution in [2.24, 2.45) is 0 Å². The molecule has 2 saturated heterocycles. The molecule has 25 heavy (non-hydrogen) atoms. The van der Waals surface area contributed by atoms with Crippen LogP contribution in [0.25, 0.3) is 0 Å². The molecule has 0 aromatic heterocycles. The fraction of sp³-hybridized carbons (Fsp3) is 0.857. The second-order valence-corrected chi connectivity index (χ2v) is 14.4. The Morgan fingerprint density at radius 2 is 0.960 bits per heavy atom. The molecule has 2 rings (SSSR count). The summed E-state index contributed by atoms with van der Waals surface area (Å²) in [5, 5.41) is 0. The van der Waals surface area contributed by atoms with Crippen LogP contribution in [-0.4, -0.2) is 63.1 Å². The Hall–Kier alpha value is 0.934. The third kappa shape index (κ3) is 10.7. The fourth-order valence-corrected chi connectivity index (χ4v) is 3.92. The number of carbonyl (C=O) groups excluding carboxylic acids is 2. The van der Waals surface area contributed by atoms with Gasteiger partial charge in [-0.2, -0.15) is 0 Å². The number of hydrogen-bond donors (Lipinski definition) is 0. The van der Waals surface area contributed by atoms with Gasteiger partial charge < -0.3 is 0 Å². The Morgan fingerprint density at radius 1 is 0.760 bits per heavy atom. The molecule has 155 valence electrons. The zero-order valence-electron chi connectivity index (χ0n) is 16.5. The maximum atomic E-state index is 11.4. The van der Waals surface area contributed by atoms with E-state index in [1.807, 2.05) is 0 Å². The van der Waals surface area contributed by atoms with Gasteiger partial charge in [0.05, 0.1) is 0 Å². The van der Waals surface area contributed by atoms with E-state index in [0.717, 1.165) is 0 Å². The quantitative estimate of drug-likeness (QED) is 0.374. The van der Waals surface area contributed by atoms with E-state index in [4.69, 9.17) is 18.1 Å². The van der Waals surface area contributed by atoms with Gasteiger partial charge in [0.2, 0.25) is 0 Å². The van der Waals surface area contributed by atoms with Crippen LogP contribution in [-0.2, 0) is 42.3 Å². The molecular formula is C14H31ClNiO6P3. The van der Waals surface area contributed by atoms with E-state index in [1.165, 1.54) is 0 Å². The topological polar surface area (TPSA) is 71.1 Å². The average molecular weight is 482 g/mol. The van der Waals surface area contributed by atoms with E-state index < -0.39 is 31.3 Å². The molecule has 2 heterocycles. The summed E-state index contributed by atoms with van der Waals surface area (Å²) >= 11 is 3.35. The summed E-state index contributed by atoms with van der Waals surface area (Å²) in [6.45, 7) is 19.6. The van der Waals surface area contributed by atoms with Gasteiger partial charge in [-0.15, -0.1) is 15.8 Å². The molecule has 2 fully saturated rings. The summed E-state index contributed by atoms with van der Waals surface area (Å²) in [6, 6.07) is 0. The molecular weight excluding hydrogens is 451 g/mol. The Balaban J connectivity index is 0. The summed E-state index contributed by atoms with van der Waals surface area (Å²) in [5.74, 6) is -1.14. The van der Waals surface area contributed by atoms with Crippen LogP contribution in [0.2, 0.25) is 0 Å². The van der Waals surface area contributed by atoms with Gasteiger partial charge in [-0.25, -0.2) is 0 Å². The van der Waals surface area contributed by atoms with E-state index >= 15 is 0 Å². The first-order valence-electron chi connectivity index (χ1n) is 7.34. The Morgan fingerprint density at radius 3 is 1.08 bits per heavy atom. The normalized spacial score (nSPS) is 22.7. The molecule has 0 atom stereocenters. The van der Waals surface area contributed by atoms with Crippen LogP contribution in [0.1, 0.15) is 27.7 Å². The molecule has 0 N–H and O–H groups in total. The molecule has 2 aliphatic heterocycles. The molecule has 0 aliphatic carbocycles. The van der Waals surface area contributed by atoms with Gasteiger partial charge in [-0.05, 0) is 40.0 Å². The summed E-state index contributed by atoms with van der Waals surface area (Å²) in [7, 11) is 1.46. The molecule has 0 aromatic rings. The van der Waals surface area contributed by atoms with Crippen LogP contribution in [0.15, 0.2) is 0 Å². The van der Waals surface area contributed by atoms with Crippen LogP contribution < -0.4 is 0 Å². The van der Waals surface area contributed by atoms with E-state index in [2.05, 4.69) is 64.8 Å². The maximum absolute atomic E-state index is 11.4. The van der Waals surface area contributed by atoms with Crippen LogP contribution in [0.5, 0.6) is 0 Å². The van der Waals surface area contributed by atoms with Crippen molar-refractivity contribution >= 4 is 46.1 Å². The van der Waals surface area contributed by atoms with Crippen molar-refractivity contribution in [3.8, 4) is 0 Å². The predicted molar refractivity (Wildman–Crippen MR) is 106 cm³/mol. The first-order valence-corrected chi connectivity index (χ1v) is 15.7. The van der Waals surface area contributed by atoms with Gasteiger partial charge in [0.15, 0.2) is 0 Å². The second kappa shape index (κ2) is 11.7. The van der Waals surface area contributed by atoms with Crippen LogP contribution >= 0.6 is 34.2 Å². The van der Waals surface area contributed by atoms with Crippen molar-refractivity contribution < 1.29 is 42.3 Å². The number of rotatable bonds is 0. The summed E-state index contributed by atoms with van der Waals surface area (Å²) < 4.78 is 20.5. The molecule has 0 bridgehead atoms. The van der Waals surface area contributed by atoms with Gasteiger partial charge >= 0.3 is 111 Å². The number of halogens is 1. The molecule has 11 heteroatoms. The van der Waals surface area contributed by atoms with E-state index in [0.29, 0.717) is 15.8 Å². The van der Waals surface area contributed by atoms with Gasteiger partial charge in [0.25, 0.3) is 0 Å². The average Bonchev–Trinajstić information content (AvgIpc) is 2.71. The van der Waals surface area contributed by atoms with Crippen molar-refractivity contribution in [3.05, 3.63) is 0 Å². The first kappa shape index (κ1) is 28.1. The minimum atomic E-state index is -3.57. The summed E-state index contributed by atoms with van der Waals surface area (Å²) in [6.07, 6.45) is 0. The molecule has 0 unspecified atom stereocenters. The Labute approximate surface area is 167 Å². The Bertz CT molecular complexity index is 401. The molecule has 0 amide bonds. The van der Waals surface area contributed by atoms with Crippen molar-refractivity contribution in [3.63, 3.8) is 0 Å². The van der Waals surface area contributed by atoms with E-state index in [9.17, 15) is 9.59 Å². The first-order chi connectivity index (χ1) is 11.1. The van der Waals surface area contributed by atoms with E-state index in [1.54, 1.807) is 27.7 Å². The Kier molecular flexibility index (Phi) is 13.2. The van der Waals surface area contributed by atoms with Crippen LogP contribution in [0.3, 0.4) is 0 Å².